The zero-order chi connectivity index (χ0) is 25.8. The fourth-order valence-electron chi connectivity index (χ4n) is 4.61. The molecular weight excluding hydrogens is 474 g/mol. The first-order valence-electron chi connectivity index (χ1n) is 12.5. The third-order valence-corrected chi connectivity index (χ3v) is 7.96. The Kier molecular flexibility index (Phi) is 7.95. The number of aromatic nitrogens is 1. The molecule has 0 bridgehead atoms. The molecule has 1 fully saturated rings. The molecule has 1 aliphatic rings. The summed E-state index contributed by atoms with van der Waals surface area (Å²) in [6, 6.07) is 18.6. The summed E-state index contributed by atoms with van der Waals surface area (Å²) in [5.41, 5.74) is 1.64. The van der Waals surface area contributed by atoms with Crippen LogP contribution in [0.5, 0.6) is 0 Å². The molecule has 1 aromatic heterocycles. The Morgan fingerprint density at radius 1 is 0.944 bits per heavy atom. The van der Waals surface area contributed by atoms with Gasteiger partial charge in [0.05, 0.1) is 16.1 Å². The largest absolute Gasteiger partial charge is 0.444 e. The monoisotopic (exact) mass is 509 g/mol. The summed E-state index contributed by atoms with van der Waals surface area (Å²) in [7, 11) is -3.73. The van der Waals surface area contributed by atoms with Crippen molar-refractivity contribution in [3.05, 3.63) is 60.7 Å². The molecule has 0 unspecified atom stereocenters. The molecule has 4 rings (SSSR count). The molecule has 1 heterocycles. The summed E-state index contributed by atoms with van der Waals surface area (Å²) < 4.78 is 35.0. The average molecular weight is 510 g/mol. The van der Waals surface area contributed by atoms with E-state index in [-0.39, 0.29) is 10.8 Å². The van der Waals surface area contributed by atoms with Gasteiger partial charge in [-0.2, -0.15) is 0 Å². The van der Waals surface area contributed by atoms with Crippen molar-refractivity contribution >= 4 is 27.0 Å². The van der Waals surface area contributed by atoms with E-state index in [9.17, 15) is 13.2 Å². The summed E-state index contributed by atoms with van der Waals surface area (Å²) >= 11 is 0. The van der Waals surface area contributed by atoms with Gasteiger partial charge in [-0.1, -0.05) is 48.5 Å². The Labute approximate surface area is 213 Å². The number of fused-ring (bicyclic) bond motifs is 1. The Hall–Kier alpha value is -2.97. The van der Waals surface area contributed by atoms with Crippen LogP contribution in [-0.2, 0) is 14.8 Å². The van der Waals surface area contributed by atoms with Gasteiger partial charge < -0.3 is 10.1 Å². The van der Waals surface area contributed by atoms with E-state index in [1.54, 1.807) is 12.1 Å². The van der Waals surface area contributed by atoms with E-state index in [0.29, 0.717) is 35.6 Å². The Balaban J connectivity index is 1.38. The van der Waals surface area contributed by atoms with Crippen LogP contribution < -0.4 is 10.0 Å². The highest BCUT2D eigenvalue weighted by Crippen LogP contribution is 2.30. The predicted molar refractivity (Wildman–Crippen MR) is 142 cm³/mol. The first-order valence-corrected chi connectivity index (χ1v) is 14.0. The average Bonchev–Trinajstić information content (AvgIpc) is 2.86. The first-order chi connectivity index (χ1) is 17.1. The maximum absolute atomic E-state index is 13.4. The minimum Gasteiger partial charge on any atom is -0.444 e. The van der Waals surface area contributed by atoms with Crippen LogP contribution in [0.3, 0.4) is 0 Å². The number of hydrogen-bond acceptors (Lipinski definition) is 5. The molecule has 7 nitrogen and oxygen atoms in total. The van der Waals surface area contributed by atoms with Crippen molar-refractivity contribution in [2.75, 3.05) is 13.1 Å². The topological polar surface area (TPSA) is 97.4 Å². The summed E-state index contributed by atoms with van der Waals surface area (Å²) in [4.78, 5) is 16.9. The van der Waals surface area contributed by atoms with Crippen molar-refractivity contribution in [3.63, 3.8) is 0 Å². The molecule has 0 atom stereocenters. The van der Waals surface area contributed by atoms with Crippen molar-refractivity contribution in [2.24, 2.45) is 11.8 Å². The van der Waals surface area contributed by atoms with Gasteiger partial charge in [-0.15, -0.1) is 0 Å². The van der Waals surface area contributed by atoms with Gasteiger partial charge in [0.15, 0.2) is 0 Å². The maximum Gasteiger partial charge on any atom is 0.407 e. The van der Waals surface area contributed by atoms with E-state index in [0.717, 1.165) is 31.2 Å². The lowest BCUT2D eigenvalue weighted by atomic mass is 9.82. The summed E-state index contributed by atoms with van der Waals surface area (Å²) in [5, 5.41) is 3.47. The number of benzene rings is 2. The number of alkyl carbamates (subject to hydrolysis) is 1. The molecule has 1 aliphatic carbocycles. The van der Waals surface area contributed by atoms with Crippen molar-refractivity contribution in [1.29, 1.82) is 0 Å². The third kappa shape index (κ3) is 6.83. The van der Waals surface area contributed by atoms with Gasteiger partial charge >= 0.3 is 6.09 Å². The van der Waals surface area contributed by atoms with Crippen LogP contribution in [-0.4, -0.2) is 38.2 Å². The smallest absolute Gasteiger partial charge is 0.407 e. The Bertz CT molecular complexity index is 1300. The van der Waals surface area contributed by atoms with Gasteiger partial charge in [0.1, 0.15) is 5.60 Å². The predicted octanol–water partition coefficient (Wildman–Crippen LogP) is 5.51. The lowest BCUT2D eigenvalue weighted by Crippen LogP contribution is -2.37. The second kappa shape index (κ2) is 11.0. The van der Waals surface area contributed by atoms with Crippen LogP contribution in [0, 0.1) is 11.8 Å². The van der Waals surface area contributed by atoms with Crippen molar-refractivity contribution in [1.82, 2.24) is 15.0 Å². The molecule has 0 saturated heterocycles. The van der Waals surface area contributed by atoms with E-state index < -0.39 is 21.7 Å². The molecule has 36 heavy (non-hydrogen) atoms. The Morgan fingerprint density at radius 2 is 1.56 bits per heavy atom. The molecule has 0 radical (unpaired) electrons. The quantitative estimate of drug-likeness (QED) is 0.438. The number of carbonyl (C=O) groups excluding carboxylic acids is 1. The summed E-state index contributed by atoms with van der Waals surface area (Å²) in [6.45, 7) is 6.51. The number of pyridine rings is 1. The van der Waals surface area contributed by atoms with Gasteiger partial charge in [-0.3, -0.25) is 0 Å². The van der Waals surface area contributed by atoms with Crippen LogP contribution in [0.15, 0.2) is 65.6 Å². The number of amides is 1. The third-order valence-electron chi connectivity index (χ3n) is 6.50. The van der Waals surface area contributed by atoms with Gasteiger partial charge in [-0.25, -0.2) is 22.9 Å². The van der Waals surface area contributed by atoms with Crippen molar-refractivity contribution < 1.29 is 17.9 Å². The van der Waals surface area contributed by atoms with Gasteiger partial charge in [0.25, 0.3) is 0 Å². The number of nitrogens with zero attached hydrogens (tertiary/aromatic N) is 1. The molecule has 2 aromatic carbocycles. The van der Waals surface area contributed by atoms with Crippen molar-refractivity contribution in [2.45, 2.75) is 57.0 Å². The second-order valence-electron chi connectivity index (χ2n) is 10.5. The highest BCUT2D eigenvalue weighted by molar-refractivity contribution is 7.89. The van der Waals surface area contributed by atoms with Crippen LogP contribution in [0.2, 0.25) is 0 Å². The van der Waals surface area contributed by atoms with Crippen LogP contribution >= 0.6 is 0 Å². The maximum atomic E-state index is 13.4. The van der Waals surface area contributed by atoms with E-state index >= 15 is 0 Å². The second-order valence-corrected chi connectivity index (χ2v) is 12.2. The zero-order valence-electron chi connectivity index (χ0n) is 21.2. The standard InChI is InChI=1S/C28H35N3O4S/c1-28(2,3)35-27(32)29-18-20-13-15-21(16-14-20)19-30-36(33,34)26-17-25(22-9-5-4-6-10-22)31-24-12-8-7-11-23(24)26/h4-12,17,20-21,30H,13-16,18-19H2,1-3H3,(H,29,32). The van der Waals surface area contributed by atoms with E-state index in [2.05, 4.69) is 10.0 Å². The minimum absolute atomic E-state index is 0.252. The zero-order valence-corrected chi connectivity index (χ0v) is 22.0. The fourth-order valence-corrected chi connectivity index (χ4v) is 5.95. The summed E-state index contributed by atoms with van der Waals surface area (Å²) in [5.74, 6) is 0.641. The molecule has 3 aromatic rings. The minimum atomic E-state index is -3.73. The molecular formula is C28H35N3O4S. The van der Waals surface area contributed by atoms with Gasteiger partial charge in [-0.05, 0) is 70.4 Å². The SMILES string of the molecule is CC(C)(C)OC(=O)NCC1CCC(CNS(=O)(=O)c2cc(-c3ccccc3)nc3ccccc23)CC1. The molecule has 0 aliphatic heterocycles. The molecule has 2 N–H and O–H groups in total. The number of hydrogen-bond donors (Lipinski definition) is 2. The van der Waals surface area contributed by atoms with Crippen LogP contribution in [0.1, 0.15) is 46.5 Å². The number of carbonyl (C=O) groups is 1. The van der Waals surface area contributed by atoms with Crippen LogP contribution in [0.25, 0.3) is 22.2 Å². The highest BCUT2D eigenvalue weighted by atomic mass is 32.2. The molecule has 0 spiro atoms. The highest BCUT2D eigenvalue weighted by Gasteiger charge is 2.26. The normalized spacial score (nSPS) is 18.6. The molecule has 192 valence electrons. The van der Waals surface area contributed by atoms with Gasteiger partial charge in [0, 0.05) is 24.0 Å². The number of rotatable bonds is 7. The van der Waals surface area contributed by atoms with E-state index in [1.165, 1.54) is 0 Å². The molecule has 1 amide bonds. The van der Waals surface area contributed by atoms with E-state index in [1.807, 2.05) is 69.3 Å². The number of ether oxygens (including phenoxy) is 1. The first kappa shape index (κ1) is 26.1. The number of nitrogens with one attached hydrogen (secondary N) is 2. The van der Waals surface area contributed by atoms with Gasteiger partial charge in [0.2, 0.25) is 10.0 Å². The van der Waals surface area contributed by atoms with Crippen LogP contribution in [0.4, 0.5) is 4.79 Å². The Morgan fingerprint density at radius 3 is 2.22 bits per heavy atom. The molecule has 1 saturated carbocycles. The number of para-hydroxylation sites is 1. The fraction of sp³-hybridized carbons (Fsp3) is 0.429. The van der Waals surface area contributed by atoms with Crippen molar-refractivity contribution in [3.8, 4) is 11.3 Å². The lowest BCUT2D eigenvalue weighted by molar-refractivity contribution is 0.0513. The lowest BCUT2D eigenvalue weighted by Gasteiger charge is -2.29. The number of sulfonamides is 1. The van der Waals surface area contributed by atoms with E-state index in [4.69, 9.17) is 9.72 Å². The summed E-state index contributed by atoms with van der Waals surface area (Å²) in [6.07, 6.45) is 3.32. The molecule has 8 heteroatoms.